The van der Waals surface area contributed by atoms with Gasteiger partial charge >= 0.3 is 252 Å². The van der Waals surface area contributed by atoms with E-state index in [1.807, 2.05) is 51.3 Å². The van der Waals surface area contributed by atoms with Gasteiger partial charge in [-0.15, -0.1) is 0 Å². The summed E-state index contributed by atoms with van der Waals surface area (Å²) < 4.78 is 37.3. The van der Waals surface area contributed by atoms with Crippen LogP contribution in [0.3, 0.4) is 0 Å². The Bertz CT molecular complexity index is 1510. The van der Waals surface area contributed by atoms with Gasteiger partial charge in [-0.25, -0.2) is 0 Å². The first-order chi connectivity index (χ1) is 19.1. The Kier molecular flexibility index (Phi) is 9.08. The van der Waals surface area contributed by atoms with Crippen LogP contribution in [0.5, 0.6) is 5.75 Å². The van der Waals surface area contributed by atoms with Gasteiger partial charge in [0.05, 0.1) is 0 Å². The summed E-state index contributed by atoms with van der Waals surface area (Å²) in [6.45, 7) is 13.0. The Labute approximate surface area is 251 Å². The molecule has 0 aromatic heterocycles. The Morgan fingerprint density at radius 1 is 0.854 bits per heavy atom. The topological polar surface area (TPSA) is 44.8 Å². The molecule has 41 heavy (non-hydrogen) atoms. The molecule has 4 rings (SSSR count). The maximum atomic E-state index is 15.6. The van der Waals surface area contributed by atoms with E-state index < -0.39 is 23.7 Å². The van der Waals surface area contributed by atoms with Gasteiger partial charge in [-0.3, -0.25) is 0 Å². The second-order valence-corrected chi connectivity index (χ2v) is 19.6. The van der Waals surface area contributed by atoms with Crippen LogP contribution in [0, 0.1) is 41.5 Å². The SMILES string of the molecule is COc1ccc(NC(=O)C(F)(F)[CH]=[Ru]([Cl])([Cl])=[C]2N(c3c(C)cc(C)cc3C)CCN2c2c(C)cc(C)cc2C)cc1. The first-order valence-electron chi connectivity index (χ1n) is 13.0. The number of benzene rings is 3. The minimum absolute atomic E-state index is 0.206. The monoisotopic (exact) mass is 691 g/mol. The Morgan fingerprint density at radius 3 is 1.66 bits per heavy atom. The molecule has 5 nitrogen and oxygen atoms in total. The summed E-state index contributed by atoms with van der Waals surface area (Å²) in [6, 6.07) is 14.3. The van der Waals surface area contributed by atoms with Crippen molar-refractivity contribution in [1.82, 2.24) is 0 Å². The van der Waals surface area contributed by atoms with Gasteiger partial charge in [-0.05, 0) is 0 Å². The Morgan fingerprint density at radius 2 is 1.27 bits per heavy atom. The molecule has 3 aromatic carbocycles. The molecule has 0 aliphatic carbocycles. The molecule has 10 heteroatoms. The van der Waals surface area contributed by atoms with E-state index in [1.54, 1.807) is 12.1 Å². The third-order valence-electron chi connectivity index (χ3n) is 6.91. The molecule has 0 saturated carbocycles. The number of nitrogens with zero attached hydrogens (tertiary/aromatic N) is 2. The zero-order chi connectivity index (χ0) is 30.3. The fraction of sp³-hybridized carbons (Fsp3) is 0.323. The number of anilines is 3. The molecule has 3 aromatic rings. The molecule has 0 atom stereocenters. The second-order valence-electron chi connectivity index (χ2n) is 10.4. The summed E-state index contributed by atoms with van der Waals surface area (Å²) >= 11 is -4.58. The number of rotatable bonds is 6. The molecule has 222 valence electrons. The molecule has 1 N–H and O–H groups in total. The van der Waals surface area contributed by atoms with Crippen molar-refractivity contribution >= 4 is 51.3 Å². The number of carbonyl (C=O) groups is 1. The number of hydrogen-bond donors (Lipinski definition) is 1. The van der Waals surface area contributed by atoms with Crippen molar-refractivity contribution < 1.29 is 30.2 Å². The van der Waals surface area contributed by atoms with Crippen molar-refractivity contribution in [3.8, 4) is 5.75 Å². The van der Waals surface area contributed by atoms with E-state index in [4.69, 9.17) is 24.1 Å². The van der Waals surface area contributed by atoms with Crippen LogP contribution in [0.1, 0.15) is 33.4 Å². The van der Waals surface area contributed by atoms with Crippen LogP contribution in [0.4, 0.5) is 25.8 Å². The molecule has 0 radical (unpaired) electrons. The predicted molar refractivity (Wildman–Crippen MR) is 165 cm³/mol. The van der Waals surface area contributed by atoms with Gasteiger partial charge < -0.3 is 0 Å². The number of aryl methyl sites for hydroxylation is 6. The standard InChI is InChI=1S/C21H26N2.C10H9F2NO2.2ClH.Ru/c1-14-9-16(3)20(17(4)10-14)22-7-8-23(13-22)21-18(5)11-15(2)12-19(21)6;1-10(11,12)9(14)13-7-3-5-8(15-2)6-4-7;;;/h9-12H,7-8H2,1-6H3;1,3-6H,2H3,(H,13,14);2*1H;/q;;;;+2/p-2. The maximum absolute atomic E-state index is 15.6. The van der Waals surface area contributed by atoms with Crippen LogP contribution in [0.2, 0.25) is 0 Å². The number of halogens is 4. The van der Waals surface area contributed by atoms with Crippen molar-refractivity contribution in [1.29, 1.82) is 0 Å². The van der Waals surface area contributed by atoms with E-state index in [0.29, 0.717) is 27.8 Å². The molecule has 1 aliphatic rings. The van der Waals surface area contributed by atoms with Crippen LogP contribution >= 0.6 is 19.4 Å². The third kappa shape index (κ3) is 6.55. The molecular formula is C31H35Cl2F2N3O2Ru. The van der Waals surface area contributed by atoms with Gasteiger partial charge in [0.15, 0.2) is 0 Å². The van der Waals surface area contributed by atoms with Gasteiger partial charge in [0, 0.05) is 0 Å². The molecular weight excluding hydrogens is 656 g/mol. The Balaban J connectivity index is 1.91. The van der Waals surface area contributed by atoms with Crippen molar-refractivity contribution in [3.05, 3.63) is 81.9 Å². The summed E-state index contributed by atoms with van der Waals surface area (Å²) in [5.41, 5.74) is 8.16. The van der Waals surface area contributed by atoms with Crippen molar-refractivity contribution in [3.63, 3.8) is 0 Å². The van der Waals surface area contributed by atoms with E-state index in [0.717, 1.165) is 44.8 Å². The average molecular weight is 692 g/mol. The van der Waals surface area contributed by atoms with Gasteiger partial charge in [0.25, 0.3) is 0 Å². The number of hydrogen-bond acceptors (Lipinski definition) is 4. The number of methoxy groups -OCH3 is 1. The molecule has 1 aliphatic heterocycles. The zero-order valence-corrected chi connectivity index (χ0v) is 27.4. The molecule has 0 unspecified atom stereocenters. The van der Waals surface area contributed by atoms with E-state index in [1.165, 1.54) is 19.2 Å². The molecule has 1 amide bonds. The second kappa shape index (κ2) is 11.9. The summed E-state index contributed by atoms with van der Waals surface area (Å²) in [5, 5.41) is 2.28. The van der Waals surface area contributed by atoms with Crippen molar-refractivity contribution in [2.45, 2.75) is 47.5 Å². The number of ether oxygens (including phenoxy) is 1. The van der Waals surface area contributed by atoms with Gasteiger partial charge in [0.2, 0.25) is 0 Å². The van der Waals surface area contributed by atoms with E-state index in [-0.39, 0.29) is 5.69 Å². The average Bonchev–Trinajstić information content (AvgIpc) is 3.27. The fourth-order valence-corrected chi connectivity index (χ4v) is 11.6. The van der Waals surface area contributed by atoms with Crippen LogP contribution in [-0.2, 0) is 16.7 Å². The van der Waals surface area contributed by atoms with Crippen LogP contribution < -0.4 is 19.9 Å². The summed E-state index contributed by atoms with van der Waals surface area (Å²) in [5.74, 6) is -4.90. The van der Waals surface area contributed by atoms with Gasteiger partial charge in [-0.2, -0.15) is 0 Å². The number of alkyl halides is 2. The summed E-state index contributed by atoms with van der Waals surface area (Å²) in [6.07, 6.45) is 0. The van der Waals surface area contributed by atoms with E-state index in [9.17, 15) is 4.79 Å². The first-order valence-corrected chi connectivity index (χ1v) is 19.4. The van der Waals surface area contributed by atoms with E-state index in [2.05, 4.69) is 29.6 Å². The van der Waals surface area contributed by atoms with Crippen molar-refractivity contribution in [2.75, 3.05) is 35.3 Å². The van der Waals surface area contributed by atoms with Crippen LogP contribution in [0.15, 0.2) is 48.5 Å². The van der Waals surface area contributed by atoms with E-state index >= 15 is 8.78 Å². The molecule has 1 saturated heterocycles. The number of carbonyl (C=O) groups excluding carboxylic acids is 1. The quantitative estimate of drug-likeness (QED) is 0.272. The summed E-state index contributed by atoms with van der Waals surface area (Å²) in [4.78, 5) is 16.8. The number of amides is 1. The predicted octanol–water partition coefficient (Wildman–Crippen LogP) is 7.50. The zero-order valence-electron chi connectivity index (χ0n) is 24.2. The van der Waals surface area contributed by atoms with Gasteiger partial charge in [0.1, 0.15) is 0 Å². The third-order valence-corrected chi connectivity index (χ3v) is 12.5. The van der Waals surface area contributed by atoms with Crippen molar-refractivity contribution in [2.24, 2.45) is 0 Å². The molecule has 0 bridgehead atoms. The minimum atomic E-state index is -4.58. The molecule has 1 heterocycles. The fourth-order valence-electron chi connectivity index (χ4n) is 5.52. The number of nitrogens with one attached hydrogen (secondary N) is 1. The van der Waals surface area contributed by atoms with Crippen LogP contribution in [0.25, 0.3) is 0 Å². The van der Waals surface area contributed by atoms with Gasteiger partial charge in [-0.1, -0.05) is 0 Å². The molecule has 1 fully saturated rings. The summed E-state index contributed by atoms with van der Waals surface area (Å²) in [7, 11) is 15.6. The first kappa shape index (κ1) is 31.3. The molecule has 0 spiro atoms. The normalized spacial score (nSPS) is 14.4. The van der Waals surface area contributed by atoms with Crippen LogP contribution in [-0.4, -0.2) is 41.0 Å². The Hall–Kier alpha value is -2.67.